The SMILES string of the molecule is CN1CCN(C(=O)COc2cccc(NC(=O)c3ccco3)c2)Cc2ccccc21. The van der Waals surface area contributed by atoms with Crippen molar-refractivity contribution in [1.29, 1.82) is 0 Å². The molecule has 2 aromatic carbocycles. The quantitative estimate of drug-likeness (QED) is 0.704. The molecule has 0 saturated carbocycles. The van der Waals surface area contributed by atoms with Crippen LogP contribution < -0.4 is 15.0 Å². The van der Waals surface area contributed by atoms with Crippen molar-refractivity contribution in [1.82, 2.24) is 4.90 Å². The summed E-state index contributed by atoms with van der Waals surface area (Å²) in [4.78, 5) is 28.8. The van der Waals surface area contributed by atoms with E-state index in [9.17, 15) is 9.59 Å². The van der Waals surface area contributed by atoms with Crippen molar-refractivity contribution < 1.29 is 18.7 Å². The molecule has 1 aliphatic heterocycles. The Morgan fingerprint density at radius 2 is 1.93 bits per heavy atom. The summed E-state index contributed by atoms with van der Waals surface area (Å²) in [6.45, 7) is 1.88. The minimum Gasteiger partial charge on any atom is -0.484 e. The van der Waals surface area contributed by atoms with E-state index >= 15 is 0 Å². The van der Waals surface area contributed by atoms with Crippen LogP contribution in [0.15, 0.2) is 71.3 Å². The molecule has 0 radical (unpaired) electrons. The molecule has 0 spiro atoms. The maximum atomic E-state index is 12.8. The number of carbonyl (C=O) groups excluding carboxylic acids is 2. The predicted octanol–water partition coefficient (Wildman–Crippen LogP) is 3.39. The van der Waals surface area contributed by atoms with Gasteiger partial charge in [-0.1, -0.05) is 24.3 Å². The average molecular weight is 405 g/mol. The van der Waals surface area contributed by atoms with Crippen LogP contribution in [0.1, 0.15) is 16.1 Å². The molecule has 0 atom stereocenters. The molecule has 3 aromatic rings. The van der Waals surface area contributed by atoms with Gasteiger partial charge in [0.05, 0.1) is 6.26 Å². The van der Waals surface area contributed by atoms with Gasteiger partial charge in [-0.2, -0.15) is 0 Å². The highest BCUT2D eigenvalue weighted by atomic mass is 16.5. The van der Waals surface area contributed by atoms with Gasteiger partial charge in [-0.3, -0.25) is 9.59 Å². The maximum Gasteiger partial charge on any atom is 0.291 e. The zero-order valence-corrected chi connectivity index (χ0v) is 16.7. The standard InChI is InChI=1S/C23H23N3O4/c1-25-11-12-26(15-17-6-2-3-9-20(17)25)22(27)16-30-19-8-4-7-18(14-19)24-23(28)21-10-5-13-29-21/h2-10,13-14H,11-12,15-16H2,1H3,(H,24,28). The number of benzene rings is 2. The van der Waals surface area contributed by atoms with Gasteiger partial charge in [0, 0.05) is 44.1 Å². The van der Waals surface area contributed by atoms with E-state index in [1.54, 1.807) is 36.4 Å². The number of amides is 2. The number of hydrogen-bond donors (Lipinski definition) is 1. The number of nitrogens with zero attached hydrogens (tertiary/aromatic N) is 2. The second-order valence-electron chi connectivity index (χ2n) is 7.11. The van der Waals surface area contributed by atoms with Crippen molar-refractivity contribution in [2.75, 3.05) is 37.0 Å². The second kappa shape index (κ2) is 8.73. The first-order valence-electron chi connectivity index (χ1n) is 9.75. The van der Waals surface area contributed by atoms with Crippen LogP contribution in [0.25, 0.3) is 0 Å². The summed E-state index contributed by atoms with van der Waals surface area (Å²) >= 11 is 0. The molecule has 7 nitrogen and oxygen atoms in total. The molecule has 4 rings (SSSR count). The first kappa shape index (κ1) is 19.6. The van der Waals surface area contributed by atoms with Crippen molar-refractivity contribution in [2.24, 2.45) is 0 Å². The third-order valence-electron chi connectivity index (χ3n) is 5.02. The topological polar surface area (TPSA) is 75.0 Å². The minimum atomic E-state index is -0.347. The van der Waals surface area contributed by atoms with E-state index in [2.05, 4.69) is 16.3 Å². The predicted molar refractivity (Wildman–Crippen MR) is 114 cm³/mol. The van der Waals surface area contributed by atoms with Crippen LogP contribution in [0.5, 0.6) is 5.75 Å². The minimum absolute atomic E-state index is 0.0680. The van der Waals surface area contributed by atoms with Gasteiger partial charge in [0.1, 0.15) is 5.75 Å². The number of likely N-dealkylation sites (N-methyl/N-ethyl adjacent to an activating group) is 1. The van der Waals surface area contributed by atoms with E-state index < -0.39 is 0 Å². The number of anilines is 2. The van der Waals surface area contributed by atoms with Crippen molar-refractivity contribution in [3.63, 3.8) is 0 Å². The number of nitrogens with one attached hydrogen (secondary N) is 1. The van der Waals surface area contributed by atoms with Crippen molar-refractivity contribution in [2.45, 2.75) is 6.54 Å². The molecule has 0 aliphatic carbocycles. The first-order valence-corrected chi connectivity index (χ1v) is 9.75. The molecule has 0 bridgehead atoms. The number of fused-ring (bicyclic) bond motifs is 1. The molecular weight excluding hydrogens is 382 g/mol. The summed E-state index contributed by atoms with van der Waals surface area (Å²) in [6.07, 6.45) is 1.44. The highest BCUT2D eigenvalue weighted by molar-refractivity contribution is 6.02. The molecule has 0 saturated heterocycles. The molecule has 154 valence electrons. The molecule has 2 heterocycles. The van der Waals surface area contributed by atoms with E-state index in [1.165, 1.54) is 6.26 Å². The van der Waals surface area contributed by atoms with Crippen LogP contribution in [-0.4, -0.2) is 43.5 Å². The van der Waals surface area contributed by atoms with Gasteiger partial charge in [0.25, 0.3) is 11.8 Å². The number of rotatable bonds is 5. The number of ether oxygens (including phenoxy) is 1. The van der Waals surface area contributed by atoms with Gasteiger partial charge in [-0.15, -0.1) is 0 Å². The van der Waals surface area contributed by atoms with Crippen molar-refractivity contribution >= 4 is 23.2 Å². The Bertz CT molecular complexity index is 1030. The summed E-state index contributed by atoms with van der Waals surface area (Å²) in [5, 5.41) is 2.75. The summed E-state index contributed by atoms with van der Waals surface area (Å²) in [5.41, 5.74) is 2.83. The number of furan rings is 1. The third kappa shape index (κ3) is 4.46. The lowest BCUT2D eigenvalue weighted by atomic mass is 10.1. The van der Waals surface area contributed by atoms with Crippen LogP contribution in [0, 0.1) is 0 Å². The third-order valence-corrected chi connectivity index (χ3v) is 5.02. The zero-order chi connectivity index (χ0) is 20.9. The Morgan fingerprint density at radius 1 is 1.07 bits per heavy atom. The van der Waals surface area contributed by atoms with E-state index in [0.717, 1.165) is 17.8 Å². The molecule has 30 heavy (non-hydrogen) atoms. The Kier molecular flexibility index (Phi) is 5.70. The van der Waals surface area contributed by atoms with E-state index in [0.29, 0.717) is 24.5 Å². The summed E-state index contributed by atoms with van der Waals surface area (Å²) in [6, 6.07) is 18.3. The van der Waals surface area contributed by atoms with E-state index in [4.69, 9.17) is 9.15 Å². The number of hydrogen-bond acceptors (Lipinski definition) is 5. The molecule has 1 aliphatic rings. The van der Waals surface area contributed by atoms with Crippen molar-refractivity contribution in [3.8, 4) is 5.75 Å². The van der Waals surface area contributed by atoms with Crippen LogP contribution in [0.4, 0.5) is 11.4 Å². The van der Waals surface area contributed by atoms with Crippen LogP contribution in [0.3, 0.4) is 0 Å². The average Bonchev–Trinajstić information content (AvgIpc) is 3.25. The Hall–Kier alpha value is -3.74. The molecule has 7 heteroatoms. The van der Waals surface area contributed by atoms with Gasteiger partial charge in [-0.25, -0.2) is 0 Å². The van der Waals surface area contributed by atoms with Crippen LogP contribution in [-0.2, 0) is 11.3 Å². The largest absolute Gasteiger partial charge is 0.484 e. The monoisotopic (exact) mass is 405 g/mol. The lowest BCUT2D eigenvalue weighted by Gasteiger charge is -2.21. The number of carbonyl (C=O) groups is 2. The Labute approximate surface area is 174 Å². The van der Waals surface area contributed by atoms with Gasteiger partial charge in [0.15, 0.2) is 12.4 Å². The van der Waals surface area contributed by atoms with E-state index in [-0.39, 0.29) is 24.2 Å². The fourth-order valence-electron chi connectivity index (χ4n) is 3.41. The van der Waals surface area contributed by atoms with Gasteiger partial charge in [0.2, 0.25) is 0 Å². The van der Waals surface area contributed by atoms with E-state index in [1.807, 2.05) is 30.1 Å². The molecule has 0 unspecified atom stereocenters. The van der Waals surface area contributed by atoms with Crippen LogP contribution in [0.2, 0.25) is 0 Å². The van der Waals surface area contributed by atoms with Crippen LogP contribution >= 0.6 is 0 Å². The van der Waals surface area contributed by atoms with Gasteiger partial charge >= 0.3 is 0 Å². The summed E-state index contributed by atoms with van der Waals surface area (Å²) in [5.74, 6) is 0.307. The first-order chi connectivity index (χ1) is 14.6. The number of para-hydroxylation sites is 1. The lowest BCUT2D eigenvalue weighted by Crippen LogP contribution is -2.37. The van der Waals surface area contributed by atoms with Gasteiger partial charge < -0.3 is 24.3 Å². The fourth-order valence-corrected chi connectivity index (χ4v) is 3.41. The fraction of sp³-hybridized carbons (Fsp3) is 0.217. The molecule has 0 fully saturated rings. The molecule has 1 aromatic heterocycles. The Balaban J connectivity index is 1.36. The zero-order valence-electron chi connectivity index (χ0n) is 16.7. The molecular formula is C23H23N3O4. The summed E-state index contributed by atoms with van der Waals surface area (Å²) < 4.78 is 10.8. The smallest absolute Gasteiger partial charge is 0.291 e. The second-order valence-corrected chi connectivity index (χ2v) is 7.11. The van der Waals surface area contributed by atoms with Crippen molar-refractivity contribution in [3.05, 3.63) is 78.3 Å². The molecule has 2 amide bonds. The highest BCUT2D eigenvalue weighted by Gasteiger charge is 2.21. The highest BCUT2D eigenvalue weighted by Crippen LogP contribution is 2.24. The van der Waals surface area contributed by atoms with Gasteiger partial charge in [-0.05, 0) is 35.9 Å². The molecule has 1 N–H and O–H groups in total. The normalized spacial score (nSPS) is 13.4. The lowest BCUT2D eigenvalue weighted by molar-refractivity contribution is -0.133. The summed E-state index contributed by atoms with van der Waals surface area (Å²) in [7, 11) is 2.03. The maximum absolute atomic E-state index is 12.8. The Morgan fingerprint density at radius 3 is 2.77 bits per heavy atom.